The fourth-order valence-corrected chi connectivity index (χ4v) is 4.79. The van der Waals surface area contributed by atoms with Crippen molar-refractivity contribution in [3.05, 3.63) is 0 Å². The van der Waals surface area contributed by atoms with Gasteiger partial charge in [-0.25, -0.2) is 0 Å². The van der Waals surface area contributed by atoms with E-state index >= 15 is 0 Å². The van der Waals surface area contributed by atoms with E-state index in [1.54, 1.807) is 18.9 Å². The number of carbonyl (C=O) groups excluding carboxylic acids is 1. The predicted octanol–water partition coefficient (Wildman–Crippen LogP) is 6.74. The van der Waals surface area contributed by atoms with Crippen LogP contribution in [0.15, 0.2) is 0 Å². The smallest absolute Gasteiger partial charge is 0.221 e. The van der Waals surface area contributed by atoms with Crippen LogP contribution in [0.25, 0.3) is 0 Å². The number of nitrogens with zero attached hydrogens (tertiary/aromatic N) is 1. The molecule has 0 radical (unpaired) electrons. The van der Waals surface area contributed by atoms with Crippen LogP contribution in [-0.2, 0) is 14.3 Å². The van der Waals surface area contributed by atoms with E-state index in [4.69, 9.17) is 26.8 Å². The number of aliphatic hydroxyl groups excluding tert-OH is 1. The summed E-state index contributed by atoms with van der Waals surface area (Å²) in [4.78, 5) is 12.0. The van der Waals surface area contributed by atoms with Gasteiger partial charge in [0.2, 0.25) is 5.91 Å². The molecule has 0 aromatic rings. The van der Waals surface area contributed by atoms with Gasteiger partial charge in [0, 0.05) is 20.1 Å². The van der Waals surface area contributed by atoms with Crippen molar-refractivity contribution < 1.29 is 19.4 Å². The van der Waals surface area contributed by atoms with E-state index in [9.17, 15) is 10.1 Å². The van der Waals surface area contributed by atoms with Gasteiger partial charge in [-0.3, -0.25) is 10.1 Å². The van der Waals surface area contributed by atoms with E-state index in [1.807, 2.05) is 62.3 Å². The van der Waals surface area contributed by atoms with E-state index in [1.165, 1.54) is 11.8 Å². The lowest BCUT2D eigenvalue weighted by molar-refractivity contribution is -0.122. The van der Waals surface area contributed by atoms with Gasteiger partial charge in [0.1, 0.15) is 8.28 Å². The molecule has 2 unspecified atom stereocenters. The second-order valence-corrected chi connectivity index (χ2v) is 13.6. The molecule has 0 bridgehead atoms. The Labute approximate surface area is 243 Å². The fraction of sp³-hybridized carbons (Fsp3) is 0.889. The van der Waals surface area contributed by atoms with Crippen LogP contribution >= 0.6 is 35.7 Å². The van der Waals surface area contributed by atoms with Crippen molar-refractivity contribution in [3.8, 4) is 6.07 Å². The van der Waals surface area contributed by atoms with Crippen molar-refractivity contribution in [3.63, 3.8) is 0 Å². The van der Waals surface area contributed by atoms with Crippen LogP contribution in [0.4, 0.5) is 0 Å². The summed E-state index contributed by atoms with van der Waals surface area (Å²) in [7, 11) is 1.65. The number of ether oxygens (including phenoxy) is 2. The number of carbonyl (C=O) groups is 1. The van der Waals surface area contributed by atoms with Crippen LogP contribution in [0.5, 0.6) is 0 Å². The van der Waals surface area contributed by atoms with Gasteiger partial charge in [-0.05, 0) is 66.1 Å². The van der Waals surface area contributed by atoms with Crippen molar-refractivity contribution >= 4 is 45.2 Å². The third-order valence-electron chi connectivity index (χ3n) is 4.09. The molecule has 0 spiro atoms. The summed E-state index contributed by atoms with van der Waals surface area (Å²) in [5.74, 6) is 1.63. The summed E-state index contributed by atoms with van der Waals surface area (Å²) in [6.07, 6.45) is 1.40. The standard InChI is InChI=1S/C15H27N3O2S3.C6H14O2.C4H10.C2H6/c1-6-22-14(21)23-15(5,9-16)8-7-13(19)18-12(4)17-10-20-11(2)3;1-6(2,8-3)4-5-7;1-4(2)3;1-2/h11-12,17H,6-8,10H2,1-5H3,(H,18,19);7H,4-5H2,1-3H3;4H,1-3H3;1-2H3. The predicted molar refractivity (Wildman–Crippen MR) is 168 cm³/mol. The van der Waals surface area contributed by atoms with Gasteiger partial charge in [-0.2, -0.15) is 5.26 Å². The summed E-state index contributed by atoms with van der Waals surface area (Å²) in [5, 5.41) is 23.7. The summed E-state index contributed by atoms with van der Waals surface area (Å²) in [6.45, 7) is 24.6. The van der Waals surface area contributed by atoms with Crippen LogP contribution in [0.1, 0.15) is 102 Å². The van der Waals surface area contributed by atoms with Crippen molar-refractivity contribution in [2.24, 2.45) is 5.92 Å². The van der Waals surface area contributed by atoms with Gasteiger partial charge < -0.3 is 19.9 Å². The highest BCUT2D eigenvalue weighted by atomic mass is 32.2. The Morgan fingerprint density at radius 2 is 1.62 bits per heavy atom. The maximum Gasteiger partial charge on any atom is 0.221 e. The Bertz CT molecular complexity index is 597. The molecule has 0 aliphatic heterocycles. The summed E-state index contributed by atoms with van der Waals surface area (Å²) in [5.41, 5.74) is -0.158. The molecule has 222 valence electrons. The van der Waals surface area contributed by atoms with Crippen LogP contribution in [0.3, 0.4) is 0 Å². The summed E-state index contributed by atoms with van der Waals surface area (Å²) >= 11 is 8.15. The van der Waals surface area contributed by atoms with Crippen LogP contribution < -0.4 is 10.6 Å². The molecule has 7 nitrogen and oxygen atoms in total. The summed E-state index contributed by atoms with van der Waals surface area (Å²) in [6, 6.07) is 2.27. The first-order valence-electron chi connectivity index (χ1n) is 13.1. The van der Waals surface area contributed by atoms with Crippen LogP contribution in [0.2, 0.25) is 0 Å². The lowest BCUT2D eigenvalue weighted by Crippen LogP contribution is -2.44. The largest absolute Gasteiger partial charge is 0.396 e. The number of thiocarbonyl (C=S) groups is 1. The minimum absolute atomic E-state index is 0.0920. The molecular formula is C27H57N3O4S3. The lowest BCUT2D eigenvalue weighted by Gasteiger charge is -2.21. The average molecular weight is 584 g/mol. The monoisotopic (exact) mass is 583 g/mol. The molecule has 0 fully saturated rings. The molecule has 0 aromatic carbocycles. The van der Waals surface area contributed by atoms with Gasteiger partial charge >= 0.3 is 0 Å². The van der Waals surface area contributed by atoms with Crippen molar-refractivity contribution in [1.82, 2.24) is 10.6 Å². The topological polar surface area (TPSA) is 104 Å². The molecule has 10 heteroatoms. The first-order chi connectivity index (χ1) is 17.1. The minimum atomic E-state index is -0.673. The number of nitrogens with one attached hydrogen (secondary N) is 2. The molecule has 0 aliphatic rings. The Balaban J connectivity index is -0.000000319. The third kappa shape index (κ3) is 35.6. The molecule has 0 rings (SSSR count). The number of hydrogen-bond donors (Lipinski definition) is 3. The van der Waals surface area contributed by atoms with Crippen LogP contribution in [-0.4, -0.2) is 63.4 Å². The molecule has 0 aliphatic carbocycles. The fourth-order valence-electron chi connectivity index (χ4n) is 1.89. The molecule has 3 N–H and O–H groups in total. The third-order valence-corrected chi connectivity index (χ3v) is 6.73. The van der Waals surface area contributed by atoms with E-state index in [-0.39, 0.29) is 36.8 Å². The van der Waals surface area contributed by atoms with E-state index < -0.39 is 4.75 Å². The average Bonchev–Trinajstić information content (AvgIpc) is 2.79. The molecule has 0 saturated heterocycles. The highest BCUT2D eigenvalue weighted by Gasteiger charge is 2.27. The highest BCUT2D eigenvalue weighted by Crippen LogP contribution is 2.34. The van der Waals surface area contributed by atoms with Gasteiger partial charge in [-0.1, -0.05) is 65.5 Å². The molecule has 1 amide bonds. The number of nitriles is 1. The van der Waals surface area contributed by atoms with Gasteiger partial charge in [0.15, 0.2) is 0 Å². The minimum Gasteiger partial charge on any atom is -0.396 e. The number of hydrogen-bond acceptors (Lipinski definition) is 9. The van der Waals surface area contributed by atoms with Crippen molar-refractivity contribution in [2.45, 2.75) is 125 Å². The number of methoxy groups -OCH3 is 1. The molecule has 2 atom stereocenters. The Morgan fingerprint density at radius 3 is 1.97 bits per heavy atom. The lowest BCUT2D eigenvalue weighted by atomic mass is 10.1. The first-order valence-corrected chi connectivity index (χ1v) is 15.4. The quantitative estimate of drug-likeness (QED) is 0.161. The normalized spacial score (nSPS) is 12.9. The van der Waals surface area contributed by atoms with Crippen molar-refractivity contribution in [2.75, 3.05) is 26.2 Å². The van der Waals surface area contributed by atoms with E-state index in [2.05, 4.69) is 37.5 Å². The van der Waals surface area contributed by atoms with Crippen molar-refractivity contribution in [1.29, 1.82) is 5.26 Å². The zero-order valence-electron chi connectivity index (χ0n) is 25.8. The van der Waals surface area contributed by atoms with Gasteiger partial charge in [-0.15, -0.1) is 11.8 Å². The van der Waals surface area contributed by atoms with E-state index in [0.717, 1.165) is 15.2 Å². The Kier molecular flexibility index (Phi) is 32.0. The maximum atomic E-state index is 12.0. The molecular weight excluding hydrogens is 527 g/mol. The Hall–Kier alpha value is -0.410. The number of thioether (sulfide) groups is 2. The molecule has 0 aromatic heterocycles. The van der Waals surface area contributed by atoms with Gasteiger partial charge in [0.25, 0.3) is 0 Å². The zero-order valence-corrected chi connectivity index (χ0v) is 28.3. The maximum absolute atomic E-state index is 12.0. The molecule has 37 heavy (non-hydrogen) atoms. The number of aliphatic hydroxyl groups is 1. The number of amides is 1. The molecule has 0 heterocycles. The van der Waals surface area contributed by atoms with Gasteiger partial charge in [0.05, 0.1) is 30.7 Å². The van der Waals surface area contributed by atoms with Crippen LogP contribution in [0, 0.1) is 17.2 Å². The number of rotatable bonds is 13. The molecule has 0 saturated carbocycles. The first kappa shape index (κ1) is 43.6. The highest BCUT2D eigenvalue weighted by molar-refractivity contribution is 8.47. The van der Waals surface area contributed by atoms with E-state index in [0.29, 0.717) is 19.6 Å². The summed E-state index contributed by atoms with van der Waals surface area (Å²) < 4.78 is 10.5. The zero-order chi connectivity index (χ0) is 30.1. The second-order valence-electron chi connectivity index (χ2n) is 9.65. The Morgan fingerprint density at radius 1 is 1.11 bits per heavy atom. The SMILES string of the molecule is CC.CC(C)C.CCSC(=S)SC(C)(C#N)CCC(=O)NC(C)NCOC(C)C.COC(C)(C)CCO. The second kappa shape index (κ2) is 27.2.